The summed E-state index contributed by atoms with van der Waals surface area (Å²) in [5.41, 5.74) is 0.606. The molecule has 2 aromatic heterocycles. The maximum atomic E-state index is 12.1. The van der Waals surface area contributed by atoms with Gasteiger partial charge in [0.25, 0.3) is 5.91 Å². The first-order valence-electron chi connectivity index (χ1n) is 5.38. The Labute approximate surface area is 98.6 Å². The van der Waals surface area contributed by atoms with Crippen LogP contribution in [-0.4, -0.2) is 33.0 Å². The van der Waals surface area contributed by atoms with Gasteiger partial charge in [0.05, 0.1) is 18.4 Å². The van der Waals surface area contributed by atoms with Gasteiger partial charge >= 0.3 is 0 Å². The van der Waals surface area contributed by atoms with Gasteiger partial charge in [-0.3, -0.25) is 9.89 Å². The second-order valence-electron chi connectivity index (χ2n) is 3.70. The summed E-state index contributed by atoms with van der Waals surface area (Å²) in [5.74, 6) is 1.29. The van der Waals surface area contributed by atoms with Gasteiger partial charge in [0.2, 0.25) is 0 Å². The topological polar surface area (TPSA) is 75.0 Å². The number of carbonyl (C=O) groups excluding carboxylic acids is 1. The summed E-state index contributed by atoms with van der Waals surface area (Å²) in [5, 5.41) is 6.46. The van der Waals surface area contributed by atoms with Crippen LogP contribution in [0.5, 0.6) is 0 Å². The van der Waals surface area contributed by atoms with Gasteiger partial charge < -0.3 is 9.32 Å². The number of amides is 1. The molecule has 2 rings (SSSR count). The van der Waals surface area contributed by atoms with Crippen LogP contribution in [-0.2, 0) is 13.0 Å². The Morgan fingerprint density at radius 3 is 3.06 bits per heavy atom. The SMILES string of the molecule is CCc1occc1C(=O)N(C)Cc1ncn[nH]1. The molecule has 2 aromatic rings. The largest absolute Gasteiger partial charge is 0.469 e. The summed E-state index contributed by atoms with van der Waals surface area (Å²) in [6.07, 6.45) is 3.65. The molecule has 0 fully saturated rings. The first kappa shape index (κ1) is 11.4. The highest BCUT2D eigenvalue weighted by molar-refractivity contribution is 5.94. The van der Waals surface area contributed by atoms with E-state index in [9.17, 15) is 4.79 Å². The number of carbonyl (C=O) groups is 1. The first-order valence-corrected chi connectivity index (χ1v) is 5.38. The van der Waals surface area contributed by atoms with Crippen molar-refractivity contribution in [3.63, 3.8) is 0 Å². The Kier molecular flexibility index (Phi) is 3.22. The average molecular weight is 234 g/mol. The van der Waals surface area contributed by atoms with Crippen molar-refractivity contribution in [1.29, 1.82) is 0 Å². The van der Waals surface area contributed by atoms with E-state index in [0.717, 1.165) is 0 Å². The normalized spacial score (nSPS) is 10.5. The van der Waals surface area contributed by atoms with Crippen LogP contribution >= 0.6 is 0 Å². The maximum Gasteiger partial charge on any atom is 0.257 e. The van der Waals surface area contributed by atoms with Crippen molar-refractivity contribution >= 4 is 5.91 Å². The summed E-state index contributed by atoms with van der Waals surface area (Å²) < 4.78 is 5.24. The maximum absolute atomic E-state index is 12.1. The summed E-state index contributed by atoms with van der Waals surface area (Å²) in [7, 11) is 1.72. The second-order valence-corrected chi connectivity index (χ2v) is 3.70. The monoisotopic (exact) mass is 234 g/mol. The molecular formula is C11H14N4O2. The lowest BCUT2D eigenvalue weighted by molar-refractivity contribution is 0.0779. The number of hydrogen-bond acceptors (Lipinski definition) is 4. The number of aromatic nitrogens is 3. The molecule has 0 aromatic carbocycles. The Morgan fingerprint density at radius 2 is 2.41 bits per heavy atom. The number of H-pyrrole nitrogens is 1. The van der Waals surface area contributed by atoms with E-state index >= 15 is 0 Å². The Balaban J connectivity index is 2.09. The van der Waals surface area contributed by atoms with E-state index in [4.69, 9.17) is 4.42 Å². The van der Waals surface area contributed by atoms with Crippen molar-refractivity contribution < 1.29 is 9.21 Å². The molecule has 90 valence electrons. The lowest BCUT2D eigenvalue weighted by atomic mass is 10.2. The molecule has 1 N–H and O–H groups in total. The van der Waals surface area contributed by atoms with Crippen molar-refractivity contribution in [3.05, 3.63) is 35.8 Å². The number of nitrogens with zero attached hydrogens (tertiary/aromatic N) is 3. The summed E-state index contributed by atoms with van der Waals surface area (Å²) in [6.45, 7) is 2.35. The van der Waals surface area contributed by atoms with Gasteiger partial charge in [-0.25, -0.2) is 4.98 Å². The molecule has 6 nitrogen and oxygen atoms in total. The van der Waals surface area contributed by atoms with Crippen LogP contribution in [0.1, 0.15) is 28.9 Å². The van der Waals surface area contributed by atoms with Crippen LogP contribution in [0.2, 0.25) is 0 Å². The zero-order valence-electron chi connectivity index (χ0n) is 9.80. The third-order valence-corrected chi connectivity index (χ3v) is 2.50. The highest BCUT2D eigenvalue weighted by Gasteiger charge is 2.18. The molecule has 0 radical (unpaired) electrons. The van der Waals surface area contributed by atoms with E-state index < -0.39 is 0 Å². The highest BCUT2D eigenvalue weighted by Crippen LogP contribution is 2.14. The summed E-state index contributed by atoms with van der Waals surface area (Å²) in [6, 6.07) is 1.69. The number of rotatable bonds is 4. The van der Waals surface area contributed by atoms with Crippen molar-refractivity contribution in [2.75, 3.05) is 7.05 Å². The smallest absolute Gasteiger partial charge is 0.257 e. The van der Waals surface area contributed by atoms with E-state index in [-0.39, 0.29) is 5.91 Å². The van der Waals surface area contributed by atoms with Crippen LogP contribution in [0.15, 0.2) is 23.1 Å². The Morgan fingerprint density at radius 1 is 1.59 bits per heavy atom. The standard InChI is InChI=1S/C11H14N4O2/c1-3-9-8(4-5-17-9)11(16)15(2)6-10-12-7-13-14-10/h4-5,7H,3,6H2,1-2H3,(H,12,13,14). The number of nitrogens with one attached hydrogen (secondary N) is 1. The zero-order chi connectivity index (χ0) is 12.3. The van der Waals surface area contributed by atoms with Gasteiger partial charge in [0.15, 0.2) is 0 Å². The fourth-order valence-electron chi connectivity index (χ4n) is 1.61. The zero-order valence-corrected chi connectivity index (χ0v) is 9.80. The fraction of sp³-hybridized carbons (Fsp3) is 0.364. The minimum absolute atomic E-state index is 0.0769. The molecule has 0 aliphatic heterocycles. The predicted molar refractivity (Wildman–Crippen MR) is 60.3 cm³/mol. The lowest BCUT2D eigenvalue weighted by Crippen LogP contribution is -2.27. The van der Waals surface area contributed by atoms with Crippen molar-refractivity contribution in [3.8, 4) is 0 Å². The third kappa shape index (κ3) is 2.35. The van der Waals surface area contributed by atoms with E-state index in [2.05, 4.69) is 15.2 Å². The van der Waals surface area contributed by atoms with Crippen LogP contribution in [0.3, 0.4) is 0 Å². The minimum Gasteiger partial charge on any atom is -0.469 e. The van der Waals surface area contributed by atoms with Gasteiger partial charge in [0.1, 0.15) is 17.9 Å². The fourth-order valence-corrected chi connectivity index (χ4v) is 1.61. The molecule has 0 bridgehead atoms. The van der Waals surface area contributed by atoms with Crippen molar-refractivity contribution in [2.24, 2.45) is 0 Å². The van der Waals surface area contributed by atoms with Crippen LogP contribution in [0, 0.1) is 0 Å². The molecule has 2 heterocycles. The van der Waals surface area contributed by atoms with E-state index in [1.54, 1.807) is 18.0 Å². The number of furan rings is 1. The molecule has 0 atom stereocenters. The molecule has 1 amide bonds. The average Bonchev–Trinajstić information content (AvgIpc) is 2.97. The van der Waals surface area contributed by atoms with Gasteiger partial charge in [-0.05, 0) is 6.07 Å². The van der Waals surface area contributed by atoms with Crippen molar-refractivity contribution in [1.82, 2.24) is 20.1 Å². The number of aromatic amines is 1. The second kappa shape index (κ2) is 4.82. The molecular weight excluding hydrogens is 220 g/mol. The quantitative estimate of drug-likeness (QED) is 0.863. The lowest BCUT2D eigenvalue weighted by Gasteiger charge is -2.15. The molecule has 0 aliphatic rings. The Bertz CT molecular complexity index is 489. The molecule has 17 heavy (non-hydrogen) atoms. The van der Waals surface area contributed by atoms with Gasteiger partial charge in [0, 0.05) is 13.5 Å². The molecule has 0 unspecified atom stereocenters. The summed E-state index contributed by atoms with van der Waals surface area (Å²) >= 11 is 0. The predicted octanol–water partition coefficient (Wildman–Crippen LogP) is 1.23. The minimum atomic E-state index is -0.0769. The first-order chi connectivity index (χ1) is 8.22. The van der Waals surface area contributed by atoms with Crippen LogP contribution < -0.4 is 0 Å². The van der Waals surface area contributed by atoms with Crippen molar-refractivity contribution in [2.45, 2.75) is 19.9 Å². The molecule has 0 aliphatic carbocycles. The van der Waals surface area contributed by atoms with Gasteiger partial charge in [-0.15, -0.1) is 0 Å². The molecule has 6 heteroatoms. The molecule has 0 saturated heterocycles. The molecule has 0 spiro atoms. The van der Waals surface area contributed by atoms with Crippen LogP contribution in [0.4, 0.5) is 0 Å². The van der Waals surface area contributed by atoms with Gasteiger partial charge in [-0.2, -0.15) is 5.10 Å². The third-order valence-electron chi connectivity index (χ3n) is 2.50. The van der Waals surface area contributed by atoms with E-state index in [1.165, 1.54) is 12.6 Å². The number of hydrogen-bond donors (Lipinski definition) is 1. The highest BCUT2D eigenvalue weighted by atomic mass is 16.3. The van der Waals surface area contributed by atoms with Gasteiger partial charge in [-0.1, -0.05) is 6.92 Å². The summed E-state index contributed by atoms with van der Waals surface area (Å²) in [4.78, 5) is 17.7. The van der Waals surface area contributed by atoms with E-state index in [0.29, 0.717) is 30.1 Å². The van der Waals surface area contributed by atoms with Crippen LogP contribution in [0.25, 0.3) is 0 Å². The van der Waals surface area contributed by atoms with E-state index in [1.807, 2.05) is 6.92 Å². The Hall–Kier alpha value is -2.11. The number of aryl methyl sites for hydroxylation is 1. The molecule has 0 saturated carbocycles.